The molecule has 6 nitrogen and oxygen atoms in total. The number of amides is 2. The van der Waals surface area contributed by atoms with Crippen molar-refractivity contribution in [1.29, 1.82) is 0 Å². The molecule has 0 saturated heterocycles. The third-order valence-electron chi connectivity index (χ3n) is 3.61. The van der Waals surface area contributed by atoms with Crippen LogP contribution in [0.5, 0.6) is 0 Å². The number of aliphatic hydroxyl groups excluding tert-OH is 1. The fourth-order valence-corrected chi connectivity index (χ4v) is 2.32. The number of rotatable bonds is 6. The maximum Gasteiger partial charge on any atom is 0.267 e. The first-order valence-electron chi connectivity index (χ1n) is 7.85. The van der Waals surface area contributed by atoms with Crippen molar-refractivity contribution in [1.82, 2.24) is 10.8 Å². The highest BCUT2D eigenvalue weighted by molar-refractivity contribution is 8.00. The van der Waals surface area contributed by atoms with E-state index < -0.39 is 22.6 Å². The predicted molar refractivity (Wildman–Crippen MR) is 102 cm³/mol. The Morgan fingerprint density at radius 1 is 1.23 bits per heavy atom. The minimum absolute atomic E-state index is 0.00112. The Kier molecular flexibility index (Phi) is 8.74. The smallest absolute Gasteiger partial charge is 0.267 e. The molecule has 2 amide bonds. The summed E-state index contributed by atoms with van der Waals surface area (Å²) in [6.45, 7) is 3.60. The number of benzene rings is 1. The number of nitrogens with one attached hydrogen (secondary N) is 2. The summed E-state index contributed by atoms with van der Waals surface area (Å²) in [5, 5.41) is 20.2. The van der Waals surface area contributed by atoms with Crippen molar-refractivity contribution in [2.45, 2.75) is 31.1 Å². The van der Waals surface area contributed by atoms with E-state index in [4.69, 9.17) is 10.3 Å². The summed E-state index contributed by atoms with van der Waals surface area (Å²) in [7, 11) is 0. The van der Waals surface area contributed by atoms with Gasteiger partial charge in [-0.15, -0.1) is 0 Å². The predicted octanol–water partition coefficient (Wildman–Crippen LogP) is 1.17. The lowest BCUT2D eigenvalue weighted by Gasteiger charge is -2.31. The van der Waals surface area contributed by atoms with E-state index in [0.717, 1.165) is 0 Å². The van der Waals surface area contributed by atoms with Gasteiger partial charge in [0.15, 0.2) is 0 Å². The molecule has 7 heteroatoms. The average molecular weight is 374 g/mol. The van der Waals surface area contributed by atoms with Crippen LogP contribution in [-0.2, 0) is 4.79 Å². The maximum absolute atomic E-state index is 12.4. The van der Waals surface area contributed by atoms with Gasteiger partial charge in [-0.1, -0.05) is 11.8 Å². The number of thioether (sulfide) groups is 1. The van der Waals surface area contributed by atoms with Crippen molar-refractivity contribution in [3.05, 3.63) is 35.4 Å². The van der Waals surface area contributed by atoms with Crippen LogP contribution in [0.1, 0.15) is 36.2 Å². The number of hydroxylamine groups is 1. The largest absolute Gasteiger partial charge is 0.395 e. The first-order valence-corrected chi connectivity index (χ1v) is 9.08. The Balaban J connectivity index is 2.87. The van der Waals surface area contributed by atoms with Crippen LogP contribution in [0.15, 0.2) is 24.3 Å². The zero-order valence-corrected chi connectivity index (χ0v) is 15.7. The zero-order valence-electron chi connectivity index (χ0n) is 14.9. The molecule has 0 radical (unpaired) electrons. The van der Waals surface area contributed by atoms with Crippen molar-refractivity contribution in [2.24, 2.45) is 0 Å². The molecule has 0 aromatic heterocycles. The Morgan fingerprint density at radius 2 is 1.88 bits per heavy atom. The van der Waals surface area contributed by atoms with Crippen LogP contribution in [0.3, 0.4) is 0 Å². The van der Waals surface area contributed by atoms with Gasteiger partial charge >= 0.3 is 0 Å². The third kappa shape index (κ3) is 6.45. The zero-order chi connectivity index (χ0) is 19.6. The standard InChI is InChI=1S/C19H22N2O4S/c1-19(2,26-3)16(18(24)21-25)20-17(23)15-11-9-14(10-12-15)8-6-4-5-7-13-22/h9-12,16,22,25H,7,13H2,1-3H3,(H,20,23)(H,21,24). The van der Waals surface area contributed by atoms with Crippen LogP contribution >= 0.6 is 11.8 Å². The van der Waals surface area contributed by atoms with Crippen LogP contribution in [-0.4, -0.2) is 45.8 Å². The first kappa shape index (κ1) is 21.6. The molecule has 138 valence electrons. The summed E-state index contributed by atoms with van der Waals surface area (Å²) in [6.07, 6.45) is 2.20. The lowest BCUT2D eigenvalue weighted by Crippen LogP contribution is -2.55. The Morgan fingerprint density at radius 3 is 2.42 bits per heavy atom. The van der Waals surface area contributed by atoms with Gasteiger partial charge in [-0.25, -0.2) is 5.48 Å². The summed E-state index contributed by atoms with van der Waals surface area (Å²) >= 11 is 1.40. The molecule has 0 saturated carbocycles. The van der Waals surface area contributed by atoms with Gasteiger partial charge in [-0.05, 0) is 56.2 Å². The molecule has 0 spiro atoms. The summed E-state index contributed by atoms with van der Waals surface area (Å²) in [5.41, 5.74) is 2.65. The van der Waals surface area contributed by atoms with Gasteiger partial charge in [-0.3, -0.25) is 14.8 Å². The van der Waals surface area contributed by atoms with E-state index in [2.05, 4.69) is 29.0 Å². The molecule has 0 aliphatic carbocycles. The second-order valence-electron chi connectivity index (χ2n) is 5.79. The second kappa shape index (κ2) is 10.5. The average Bonchev–Trinajstić information content (AvgIpc) is 2.65. The normalized spacial score (nSPS) is 11.3. The van der Waals surface area contributed by atoms with Gasteiger partial charge in [0.05, 0.1) is 6.61 Å². The van der Waals surface area contributed by atoms with Gasteiger partial charge in [0.2, 0.25) is 0 Å². The number of carbonyl (C=O) groups excluding carboxylic acids is 2. The van der Waals surface area contributed by atoms with Crippen molar-refractivity contribution >= 4 is 23.6 Å². The molecule has 1 rings (SSSR count). The quantitative estimate of drug-likeness (QED) is 0.340. The van der Waals surface area contributed by atoms with Crippen LogP contribution in [0.2, 0.25) is 0 Å². The summed E-state index contributed by atoms with van der Waals surface area (Å²) in [4.78, 5) is 24.3. The summed E-state index contributed by atoms with van der Waals surface area (Å²) in [5.74, 6) is 9.70. The molecule has 0 bridgehead atoms. The summed E-state index contributed by atoms with van der Waals surface area (Å²) < 4.78 is -0.610. The van der Waals surface area contributed by atoms with E-state index in [1.54, 1.807) is 43.6 Å². The molecule has 26 heavy (non-hydrogen) atoms. The molecule has 4 N–H and O–H groups in total. The highest BCUT2D eigenvalue weighted by Crippen LogP contribution is 2.26. The molecular weight excluding hydrogens is 352 g/mol. The number of hydrogen-bond donors (Lipinski definition) is 4. The highest BCUT2D eigenvalue weighted by Gasteiger charge is 2.36. The maximum atomic E-state index is 12.4. The molecule has 1 unspecified atom stereocenters. The fraction of sp³-hybridized carbons (Fsp3) is 0.368. The topological polar surface area (TPSA) is 98.7 Å². The molecule has 1 atom stereocenters. The molecule has 0 aliphatic heterocycles. The Labute approximate surface area is 157 Å². The Hall–Kier alpha value is -2.45. The van der Waals surface area contributed by atoms with Crippen LogP contribution in [0, 0.1) is 23.7 Å². The first-order chi connectivity index (χ1) is 12.4. The molecule has 1 aromatic rings. The molecular formula is C19H22N2O4S. The highest BCUT2D eigenvalue weighted by atomic mass is 32.2. The van der Waals surface area contributed by atoms with E-state index in [9.17, 15) is 9.59 Å². The van der Waals surface area contributed by atoms with Crippen LogP contribution in [0.4, 0.5) is 0 Å². The van der Waals surface area contributed by atoms with E-state index >= 15 is 0 Å². The van der Waals surface area contributed by atoms with Crippen molar-refractivity contribution < 1.29 is 19.9 Å². The number of aliphatic hydroxyl groups is 1. The number of hydrogen-bond acceptors (Lipinski definition) is 5. The van der Waals surface area contributed by atoms with Gasteiger partial charge in [0, 0.05) is 22.3 Å². The molecule has 0 fully saturated rings. The van der Waals surface area contributed by atoms with E-state index in [1.165, 1.54) is 11.8 Å². The minimum Gasteiger partial charge on any atom is -0.395 e. The van der Waals surface area contributed by atoms with E-state index in [0.29, 0.717) is 17.5 Å². The van der Waals surface area contributed by atoms with Gasteiger partial charge in [-0.2, -0.15) is 11.8 Å². The van der Waals surface area contributed by atoms with Crippen molar-refractivity contribution in [2.75, 3.05) is 12.9 Å². The van der Waals surface area contributed by atoms with E-state index in [-0.39, 0.29) is 6.61 Å². The van der Waals surface area contributed by atoms with Crippen molar-refractivity contribution in [3.63, 3.8) is 0 Å². The fourth-order valence-electron chi connectivity index (χ4n) is 1.92. The monoisotopic (exact) mass is 374 g/mol. The van der Waals surface area contributed by atoms with Gasteiger partial charge in [0.1, 0.15) is 6.04 Å². The molecule has 0 heterocycles. The van der Waals surface area contributed by atoms with Crippen LogP contribution in [0.25, 0.3) is 0 Å². The summed E-state index contributed by atoms with van der Waals surface area (Å²) in [6, 6.07) is 5.64. The Bertz CT molecular complexity index is 752. The van der Waals surface area contributed by atoms with Crippen molar-refractivity contribution in [3.8, 4) is 23.7 Å². The SMILES string of the molecule is CSC(C)(C)C(NC(=O)c1ccc(C#CC#CCCO)cc1)C(=O)NO. The minimum atomic E-state index is -0.906. The van der Waals surface area contributed by atoms with Crippen LogP contribution < -0.4 is 10.8 Å². The lowest BCUT2D eigenvalue weighted by atomic mass is 10.0. The van der Waals surface area contributed by atoms with Gasteiger partial charge < -0.3 is 10.4 Å². The lowest BCUT2D eigenvalue weighted by molar-refractivity contribution is -0.131. The second-order valence-corrected chi connectivity index (χ2v) is 7.25. The molecule has 0 aliphatic rings. The molecule has 1 aromatic carbocycles. The van der Waals surface area contributed by atoms with E-state index in [1.807, 2.05) is 6.26 Å². The van der Waals surface area contributed by atoms with Gasteiger partial charge in [0.25, 0.3) is 11.8 Å². The third-order valence-corrected chi connectivity index (χ3v) is 4.90. The number of carbonyl (C=O) groups is 2.